The molecule has 0 aliphatic carbocycles. The van der Waals surface area contributed by atoms with Gasteiger partial charge in [0, 0.05) is 31.4 Å². The molecular formula is C23H29FN6O3. The molecular weight excluding hydrogens is 427 g/mol. The van der Waals surface area contributed by atoms with Crippen molar-refractivity contribution in [2.75, 3.05) is 13.1 Å². The predicted molar refractivity (Wildman–Crippen MR) is 119 cm³/mol. The second-order valence-electron chi connectivity index (χ2n) is 9.46. The molecule has 33 heavy (non-hydrogen) atoms. The monoisotopic (exact) mass is 456 g/mol. The van der Waals surface area contributed by atoms with Crippen molar-refractivity contribution in [3.05, 3.63) is 29.7 Å². The Balaban J connectivity index is 1.83. The SMILES string of the molecule is CC(C)(C)C(NC(=O)c1nn(CCCCC#N)c2cc(F)ccc12)C(=O)N1CC(C(N)=O)C1. The van der Waals surface area contributed by atoms with Gasteiger partial charge < -0.3 is 16.0 Å². The number of carbonyl (C=O) groups is 3. The lowest BCUT2D eigenvalue weighted by atomic mass is 9.84. The van der Waals surface area contributed by atoms with E-state index in [1.807, 2.05) is 20.8 Å². The number of nitrogens with zero attached hydrogens (tertiary/aromatic N) is 4. The number of hydrogen-bond acceptors (Lipinski definition) is 5. The van der Waals surface area contributed by atoms with Gasteiger partial charge in [-0.2, -0.15) is 10.4 Å². The summed E-state index contributed by atoms with van der Waals surface area (Å²) >= 11 is 0. The van der Waals surface area contributed by atoms with Crippen LogP contribution in [0.25, 0.3) is 10.9 Å². The Bertz CT molecular complexity index is 1110. The molecule has 176 valence electrons. The first-order chi connectivity index (χ1) is 15.5. The van der Waals surface area contributed by atoms with E-state index in [0.29, 0.717) is 36.7 Å². The number of hydrogen-bond donors (Lipinski definition) is 2. The smallest absolute Gasteiger partial charge is 0.273 e. The molecule has 1 aliphatic heterocycles. The molecule has 1 fully saturated rings. The van der Waals surface area contributed by atoms with E-state index in [1.165, 1.54) is 23.1 Å². The second kappa shape index (κ2) is 9.57. The molecule has 1 saturated heterocycles. The maximum atomic E-state index is 13.9. The molecule has 1 atom stereocenters. The summed E-state index contributed by atoms with van der Waals surface area (Å²) in [4.78, 5) is 39.1. The van der Waals surface area contributed by atoms with Crippen LogP contribution in [-0.4, -0.2) is 51.5 Å². The van der Waals surface area contributed by atoms with Crippen LogP contribution >= 0.6 is 0 Å². The third-order valence-electron chi connectivity index (χ3n) is 5.82. The fourth-order valence-electron chi connectivity index (χ4n) is 3.82. The van der Waals surface area contributed by atoms with Crippen molar-refractivity contribution in [2.24, 2.45) is 17.1 Å². The molecule has 9 nitrogen and oxygen atoms in total. The fraction of sp³-hybridized carbons (Fsp3) is 0.522. The van der Waals surface area contributed by atoms with Gasteiger partial charge in [-0.25, -0.2) is 4.39 Å². The summed E-state index contributed by atoms with van der Waals surface area (Å²) in [6.45, 7) is 6.40. The maximum absolute atomic E-state index is 13.9. The van der Waals surface area contributed by atoms with Crippen LogP contribution in [0.1, 0.15) is 50.5 Å². The van der Waals surface area contributed by atoms with Crippen molar-refractivity contribution in [3.8, 4) is 6.07 Å². The number of amides is 3. The van der Waals surface area contributed by atoms with E-state index in [1.54, 1.807) is 4.68 Å². The first-order valence-corrected chi connectivity index (χ1v) is 10.9. The Hall–Kier alpha value is -3.48. The highest BCUT2D eigenvalue weighted by Crippen LogP contribution is 2.26. The number of nitrogens with one attached hydrogen (secondary N) is 1. The van der Waals surface area contributed by atoms with Crippen LogP contribution in [0.2, 0.25) is 0 Å². The molecule has 2 aromatic rings. The third kappa shape index (κ3) is 5.30. The van der Waals surface area contributed by atoms with Crippen molar-refractivity contribution in [1.29, 1.82) is 5.26 Å². The number of primary amides is 1. The molecule has 10 heteroatoms. The molecule has 2 heterocycles. The highest BCUT2D eigenvalue weighted by Gasteiger charge is 2.42. The topological polar surface area (TPSA) is 134 Å². The van der Waals surface area contributed by atoms with Gasteiger partial charge in [0.25, 0.3) is 5.91 Å². The van der Waals surface area contributed by atoms with E-state index in [4.69, 9.17) is 11.0 Å². The van der Waals surface area contributed by atoms with Crippen LogP contribution in [0.4, 0.5) is 4.39 Å². The highest BCUT2D eigenvalue weighted by atomic mass is 19.1. The summed E-state index contributed by atoms with van der Waals surface area (Å²) in [5, 5.41) is 16.4. The molecule has 1 aromatic heterocycles. The van der Waals surface area contributed by atoms with Crippen molar-refractivity contribution >= 4 is 28.6 Å². The molecule has 1 aromatic carbocycles. The number of rotatable bonds is 8. The Kier molecular flexibility index (Phi) is 7.01. The van der Waals surface area contributed by atoms with E-state index in [2.05, 4.69) is 16.5 Å². The lowest BCUT2D eigenvalue weighted by Gasteiger charge is -2.42. The number of fused-ring (bicyclic) bond motifs is 1. The zero-order valence-electron chi connectivity index (χ0n) is 19.1. The van der Waals surface area contributed by atoms with Crippen LogP contribution in [0.3, 0.4) is 0 Å². The number of aryl methyl sites for hydroxylation is 1. The van der Waals surface area contributed by atoms with Gasteiger partial charge in [-0.15, -0.1) is 0 Å². The summed E-state index contributed by atoms with van der Waals surface area (Å²) in [7, 11) is 0. The molecule has 1 unspecified atom stereocenters. The van der Waals surface area contributed by atoms with Gasteiger partial charge in [-0.1, -0.05) is 20.8 Å². The number of halogens is 1. The first kappa shape index (κ1) is 24.2. The summed E-state index contributed by atoms with van der Waals surface area (Å²) < 4.78 is 15.5. The largest absolute Gasteiger partial charge is 0.369 e. The van der Waals surface area contributed by atoms with E-state index in [9.17, 15) is 18.8 Å². The molecule has 0 saturated carbocycles. The Morgan fingerprint density at radius 3 is 2.61 bits per heavy atom. The van der Waals surface area contributed by atoms with Crippen LogP contribution in [-0.2, 0) is 16.1 Å². The van der Waals surface area contributed by atoms with Gasteiger partial charge in [-0.05, 0) is 36.5 Å². The van der Waals surface area contributed by atoms with E-state index in [-0.39, 0.29) is 30.6 Å². The lowest BCUT2D eigenvalue weighted by Crippen LogP contribution is -2.62. The van der Waals surface area contributed by atoms with Gasteiger partial charge >= 0.3 is 0 Å². The zero-order chi connectivity index (χ0) is 24.3. The number of nitrogens with two attached hydrogens (primary N) is 1. The Morgan fingerprint density at radius 2 is 2.00 bits per heavy atom. The molecule has 0 radical (unpaired) electrons. The van der Waals surface area contributed by atoms with Crippen LogP contribution in [0, 0.1) is 28.5 Å². The minimum absolute atomic E-state index is 0.103. The molecule has 3 rings (SSSR count). The van der Waals surface area contributed by atoms with Gasteiger partial charge in [0.15, 0.2) is 5.69 Å². The summed E-state index contributed by atoms with van der Waals surface area (Å²) in [5.41, 5.74) is 5.27. The predicted octanol–water partition coefficient (Wildman–Crippen LogP) is 1.96. The van der Waals surface area contributed by atoms with Crippen molar-refractivity contribution in [3.63, 3.8) is 0 Å². The quantitative estimate of drug-likeness (QED) is 0.586. The summed E-state index contributed by atoms with van der Waals surface area (Å²) in [6.07, 6.45) is 1.72. The zero-order valence-corrected chi connectivity index (χ0v) is 19.1. The number of aromatic nitrogens is 2. The summed E-state index contributed by atoms with van der Waals surface area (Å²) in [6, 6.07) is 5.31. The Morgan fingerprint density at radius 1 is 1.30 bits per heavy atom. The molecule has 3 amide bonds. The van der Waals surface area contributed by atoms with Crippen molar-refractivity contribution in [2.45, 2.75) is 52.6 Å². The average molecular weight is 457 g/mol. The maximum Gasteiger partial charge on any atom is 0.273 e. The second-order valence-corrected chi connectivity index (χ2v) is 9.46. The van der Waals surface area contributed by atoms with Crippen LogP contribution < -0.4 is 11.1 Å². The lowest BCUT2D eigenvalue weighted by molar-refractivity contribution is -0.145. The van der Waals surface area contributed by atoms with E-state index >= 15 is 0 Å². The molecule has 0 spiro atoms. The minimum Gasteiger partial charge on any atom is -0.369 e. The van der Waals surface area contributed by atoms with E-state index in [0.717, 1.165) is 0 Å². The molecule has 1 aliphatic rings. The van der Waals surface area contributed by atoms with Gasteiger partial charge in [0.05, 0.1) is 17.5 Å². The van der Waals surface area contributed by atoms with Crippen molar-refractivity contribution < 1.29 is 18.8 Å². The minimum atomic E-state index is -0.852. The molecule has 0 bridgehead atoms. The average Bonchev–Trinajstić information content (AvgIpc) is 3.04. The third-order valence-corrected chi connectivity index (χ3v) is 5.82. The van der Waals surface area contributed by atoms with Crippen LogP contribution in [0.15, 0.2) is 18.2 Å². The fourth-order valence-corrected chi connectivity index (χ4v) is 3.82. The highest BCUT2D eigenvalue weighted by molar-refractivity contribution is 6.06. The Labute approximate surface area is 191 Å². The number of benzene rings is 1. The van der Waals surface area contributed by atoms with Crippen molar-refractivity contribution in [1.82, 2.24) is 20.0 Å². The number of carbonyl (C=O) groups excluding carboxylic acids is 3. The standard InChI is InChI=1S/C23H29FN6O3/c1-23(2,3)19(22(33)29-12-14(13-29)20(26)31)27-21(32)18-16-8-7-15(24)11-17(16)30(28-18)10-6-4-5-9-25/h7-8,11,14,19H,4-6,10,12-13H2,1-3H3,(H2,26,31)(H,27,32). The first-order valence-electron chi connectivity index (χ1n) is 10.9. The van der Waals surface area contributed by atoms with Gasteiger partial charge in [0.1, 0.15) is 11.9 Å². The molecule has 3 N–H and O–H groups in total. The van der Waals surface area contributed by atoms with E-state index < -0.39 is 29.1 Å². The number of likely N-dealkylation sites (tertiary alicyclic amines) is 1. The normalized spacial score (nSPS) is 15.1. The number of unbranched alkanes of at least 4 members (excludes halogenated alkanes) is 2. The summed E-state index contributed by atoms with van der Waals surface area (Å²) in [5.74, 6) is -2.10. The number of nitriles is 1. The van der Waals surface area contributed by atoms with Gasteiger partial charge in [-0.3, -0.25) is 19.1 Å². The van der Waals surface area contributed by atoms with Crippen LogP contribution in [0.5, 0.6) is 0 Å². The van der Waals surface area contributed by atoms with Gasteiger partial charge in [0.2, 0.25) is 11.8 Å².